The van der Waals surface area contributed by atoms with Crippen molar-refractivity contribution in [3.63, 3.8) is 0 Å². The van der Waals surface area contributed by atoms with Crippen LogP contribution in [0.4, 0.5) is 0 Å². The molecule has 0 amide bonds. The van der Waals surface area contributed by atoms with Crippen LogP contribution in [-0.2, 0) is 11.3 Å². The lowest BCUT2D eigenvalue weighted by molar-refractivity contribution is -0.153. The van der Waals surface area contributed by atoms with E-state index in [2.05, 4.69) is 13.8 Å². The lowest BCUT2D eigenvalue weighted by Crippen LogP contribution is -2.48. The third kappa shape index (κ3) is 5.31. The molecular formula is C16H26O6. The summed E-state index contributed by atoms with van der Waals surface area (Å²) >= 11 is 0. The minimum Gasteiger partial charge on any atom is -0.394 e. The van der Waals surface area contributed by atoms with Gasteiger partial charge in [0.05, 0.1) is 19.8 Å². The Bertz CT molecular complexity index is 419. The summed E-state index contributed by atoms with van der Waals surface area (Å²) in [7, 11) is 0. The molecule has 0 unspecified atom stereocenters. The summed E-state index contributed by atoms with van der Waals surface area (Å²) in [5.41, 5.74) is 2.02. The highest BCUT2D eigenvalue weighted by molar-refractivity contribution is 5.24. The van der Waals surface area contributed by atoms with Gasteiger partial charge in [0, 0.05) is 0 Å². The number of hydrogen-bond acceptors (Lipinski definition) is 6. The van der Waals surface area contributed by atoms with Crippen LogP contribution in [0.25, 0.3) is 0 Å². The van der Waals surface area contributed by atoms with Crippen LogP contribution in [0, 0.1) is 0 Å². The van der Waals surface area contributed by atoms with Gasteiger partial charge >= 0.3 is 0 Å². The van der Waals surface area contributed by atoms with Crippen LogP contribution in [0.2, 0.25) is 0 Å². The SMILES string of the molecule is CC(C)c1ccc(CO[C@@H]([C@H](O)[C@@H](O)CO)[C@H](O)CO)cc1. The van der Waals surface area contributed by atoms with Crippen LogP contribution < -0.4 is 0 Å². The van der Waals surface area contributed by atoms with Crippen LogP contribution in [0.5, 0.6) is 0 Å². The molecule has 0 aliphatic rings. The highest BCUT2D eigenvalue weighted by Gasteiger charge is 2.32. The number of aliphatic hydroxyl groups excluding tert-OH is 5. The first-order valence-corrected chi connectivity index (χ1v) is 7.37. The van der Waals surface area contributed by atoms with E-state index in [4.69, 9.17) is 14.9 Å². The maximum atomic E-state index is 9.87. The van der Waals surface area contributed by atoms with Gasteiger partial charge in [0.1, 0.15) is 24.4 Å². The number of benzene rings is 1. The summed E-state index contributed by atoms with van der Waals surface area (Å²) in [6.45, 7) is 3.00. The number of aliphatic hydroxyl groups is 5. The summed E-state index contributed by atoms with van der Waals surface area (Å²) in [6.07, 6.45) is -5.50. The summed E-state index contributed by atoms with van der Waals surface area (Å²) in [5.74, 6) is 0.417. The largest absolute Gasteiger partial charge is 0.394 e. The van der Waals surface area contributed by atoms with E-state index in [0.29, 0.717) is 5.92 Å². The van der Waals surface area contributed by atoms with Gasteiger partial charge in [0.25, 0.3) is 0 Å². The molecule has 5 N–H and O–H groups in total. The molecule has 0 radical (unpaired) electrons. The van der Waals surface area contributed by atoms with Crippen molar-refractivity contribution in [2.45, 2.75) is 50.8 Å². The molecule has 0 heterocycles. The highest BCUT2D eigenvalue weighted by atomic mass is 16.5. The average Bonchev–Trinajstić information content (AvgIpc) is 2.53. The summed E-state index contributed by atoms with van der Waals surface area (Å²) in [6, 6.07) is 7.71. The molecule has 1 aromatic rings. The Morgan fingerprint density at radius 2 is 1.45 bits per heavy atom. The third-order valence-electron chi connectivity index (χ3n) is 3.57. The van der Waals surface area contributed by atoms with Crippen molar-refractivity contribution in [2.75, 3.05) is 13.2 Å². The van der Waals surface area contributed by atoms with E-state index < -0.39 is 37.6 Å². The molecular weight excluding hydrogens is 288 g/mol. The fraction of sp³-hybridized carbons (Fsp3) is 0.625. The van der Waals surface area contributed by atoms with Crippen LogP contribution >= 0.6 is 0 Å². The molecule has 0 saturated heterocycles. The first-order chi connectivity index (χ1) is 10.4. The van der Waals surface area contributed by atoms with Gasteiger partial charge in [-0.05, 0) is 17.0 Å². The average molecular weight is 314 g/mol. The third-order valence-corrected chi connectivity index (χ3v) is 3.57. The zero-order chi connectivity index (χ0) is 16.7. The zero-order valence-corrected chi connectivity index (χ0v) is 13.0. The second-order valence-corrected chi connectivity index (χ2v) is 5.66. The van der Waals surface area contributed by atoms with Crippen molar-refractivity contribution in [2.24, 2.45) is 0 Å². The fourth-order valence-corrected chi connectivity index (χ4v) is 2.06. The van der Waals surface area contributed by atoms with Gasteiger partial charge in [-0.2, -0.15) is 0 Å². The van der Waals surface area contributed by atoms with Gasteiger partial charge in [-0.25, -0.2) is 0 Å². The molecule has 126 valence electrons. The van der Waals surface area contributed by atoms with Crippen LogP contribution in [-0.4, -0.2) is 63.2 Å². The molecule has 4 atom stereocenters. The molecule has 0 spiro atoms. The molecule has 0 bridgehead atoms. The van der Waals surface area contributed by atoms with Crippen molar-refractivity contribution >= 4 is 0 Å². The standard InChI is InChI=1S/C16H26O6/c1-10(2)12-5-3-11(4-6-12)9-22-16(14(20)8-18)15(21)13(19)7-17/h3-6,10,13-21H,7-9H2,1-2H3/t13-,14+,15+,16+/m0/s1. The molecule has 6 nitrogen and oxygen atoms in total. The summed E-state index contributed by atoms with van der Waals surface area (Å²) in [4.78, 5) is 0. The van der Waals surface area contributed by atoms with Crippen molar-refractivity contribution in [3.05, 3.63) is 35.4 Å². The first kappa shape index (κ1) is 19.0. The highest BCUT2D eigenvalue weighted by Crippen LogP contribution is 2.17. The maximum absolute atomic E-state index is 9.87. The second kappa shape index (κ2) is 9.19. The topological polar surface area (TPSA) is 110 Å². The number of rotatable bonds is 9. The molecule has 1 aromatic carbocycles. The van der Waals surface area contributed by atoms with Crippen molar-refractivity contribution in [1.82, 2.24) is 0 Å². The Kier molecular flexibility index (Phi) is 7.95. The zero-order valence-electron chi connectivity index (χ0n) is 13.0. The van der Waals surface area contributed by atoms with Crippen LogP contribution in [0.1, 0.15) is 30.9 Å². The minimum absolute atomic E-state index is 0.106. The number of hydrogen-bond donors (Lipinski definition) is 5. The normalized spacial score (nSPS) is 17.3. The lowest BCUT2D eigenvalue weighted by atomic mass is 10.0. The van der Waals surface area contributed by atoms with Crippen molar-refractivity contribution < 1.29 is 30.3 Å². The summed E-state index contributed by atoms with van der Waals surface area (Å²) < 4.78 is 5.43. The molecule has 22 heavy (non-hydrogen) atoms. The number of ether oxygens (including phenoxy) is 1. The summed E-state index contributed by atoms with van der Waals surface area (Å²) in [5, 5.41) is 46.9. The van der Waals surface area contributed by atoms with Crippen LogP contribution in [0.15, 0.2) is 24.3 Å². The van der Waals surface area contributed by atoms with E-state index in [1.807, 2.05) is 24.3 Å². The molecule has 1 rings (SSSR count). The predicted molar refractivity (Wildman–Crippen MR) is 81.3 cm³/mol. The van der Waals surface area contributed by atoms with Gasteiger partial charge in [0.2, 0.25) is 0 Å². The quantitative estimate of drug-likeness (QED) is 0.430. The molecule has 0 aliphatic carbocycles. The fourth-order valence-electron chi connectivity index (χ4n) is 2.06. The first-order valence-electron chi connectivity index (χ1n) is 7.37. The van der Waals surface area contributed by atoms with E-state index in [-0.39, 0.29) is 6.61 Å². The molecule has 0 fully saturated rings. The molecule has 6 heteroatoms. The van der Waals surface area contributed by atoms with E-state index in [0.717, 1.165) is 5.56 Å². The lowest BCUT2D eigenvalue weighted by Gasteiger charge is -2.29. The van der Waals surface area contributed by atoms with E-state index in [9.17, 15) is 15.3 Å². The molecule has 0 aliphatic heterocycles. The van der Waals surface area contributed by atoms with Gasteiger partial charge in [-0.1, -0.05) is 38.1 Å². The van der Waals surface area contributed by atoms with E-state index in [1.165, 1.54) is 5.56 Å². The van der Waals surface area contributed by atoms with Gasteiger partial charge < -0.3 is 30.3 Å². The van der Waals surface area contributed by atoms with Crippen LogP contribution in [0.3, 0.4) is 0 Å². The Morgan fingerprint density at radius 1 is 0.909 bits per heavy atom. The Morgan fingerprint density at radius 3 is 1.91 bits per heavy atom. The second-order valence-electron chi connectivity index (χ2n) is 5.66. The van der Waals surface area contributed by atoms with Crippen molar-refractivity contribution in [3.8, 4) is 0 Å². The van der Waals surface area contributed by atoms with Gasteiger partial charge in [-0.15, -0.1) is 0 Å². The molecule has 0 aromatic heterocycles. The van der Waals surface area contributed by atoms with Gasteiger partial charge in [0.15, 0.2) is 0 Å². The van der Waals surface area contributed by atoms with Crippen molar-refractivity contribution in [1.29, 1.82) is 0 Å². The smallest absolute Gasteiger partial charge is 0.115 e. The Balaban J connectivity index is 2.70. The maximum Gasteiger partial charge on any atom is 0.115 e. The predicted octanol–water partition coefficient (Wildman–Crippen LogP) is -0.238. The Hall–Kier alpha value is -1.02. The van der Waals surface area contributed by atoms with E-state index >= 15 is 0 Å². The minimum atomic E-state index is -1.50. The monoisotopic (exact) mass is 314 g/mol. The van der Waals surface area contributed by atoms with Gasteiger partial charge in [-0.3, -0.25) is 0 Å². The Labute approximate surface area is 130 Å². The molecule has 0 saturated carbocycles. The van der Waals surface area contributed by atoms with E-state index in [1.54, 1.807) is 0 Å².